The summed E-state index contributed by atoms with van der Waals surface area (Å²) in [5.41, 5.74) is 3.78. The van der Waals surface area contributed by atoms with Gasteiger partial charge in [0.1, 0.15) is 17.1 Å². The molecule has 44 heavy (non-hydrogen) atoms. The van der Waals surface area contributed by atoms with Gasteiger partial charge in [-0.25, -0.2) is 9.18 Å². The van der Waals surface area contributed by atoms with Crippen molar-refractivity contribution >= 4 is 17.7 Å². The summed E-state index contributed by atoms with van der Waals surface area (Å²) in [5, 5.41) is 3.45. The van der Waals surface area contributed by atoms with Crippen LogP contribution in [0.15, 0.2) is 66.9 Å². The number of carbonyl (C=O) groups is 2. The maximum atomic E-state index is 13.6. The van der Waals surface area contributed by atoms with Crippen LogP contribution in [-0.4, -0.2) is 81.6 Å². The Morgan fingerprint density at radius 3 is 2.20 bits per heavy atom. The maximum absolute atomic E-state index is 13.6. The molecule has 8 nitrogen and oxygen atoms in total. The zero-order valence-electron chi connectivity index (χ0n) is 26.4. The highest BCUT2D eigenvalue weighted by atomic mass is 19.1. The number of aromatic nitrogens is 1. The largest absolute Gasteiger partial charge is 0.444 e. The highest BCUT2D eigenvalue weighted by molar-refractivity contribution is 5.99. The molecule has 3 heterocycles. The van der Waals surface area contributed by atoms with Crippen molar-refractivity contribution in [3.63, 3.8) is 0 Å². The van der Waals surface area contributed by atoms with Gasteiger partial charge in [0.05, 0.1) is 0 Å². The standard InChI is InChI=1S/C35H44FN5O3/c1-24-21-39(22-25(2)41(24)34(43)44-35(3,4)5)23-26-8-10-27(11-9-26)31-7-6-18-37-32(31)33(42)40-19-16-30(17-20-40)38-29-14-12-28(36)13-15-29/h6-15,18,24-25,30,38H,16-17,19-23H2,1-5H3/t24-,25+. The van der Waals surface area contributed by atoms with Crippen molar-refractivity contribution in [2.24, 2.45) is 0 Å². The van der Waals surface area contributed by atoms with E-state index in [0.29, 0.717) is 18.8 Å². The number of pyridine rings is 1. The van der Waals surface area contributed by atoms with E-state index in [9.17, 15) is 14.0 Å². The number of ether oxygens (including phenoxy) is 1. The predicted octanol–water partition coefficient (Wildman–Crippen LogP) is 6.43. The summed E-state index contributed by atoms with van der Waals surface area (Å²) in [6.45, 7) is 13.4. The third-order valence-electron chi connectivity index (χ3n) is 8.28. The van der Waals surface area contributed by atoms with Gasteiger partial charge in [0.15, 0.2) is 0 Å². The summed E-state index contributed by atoms with van der Waals surface area (Å²) >= 11 is 0. The van der Waals surface area contributed by atoms with E-state index in [4.69, 9.17) is 4.74 Å². The van der Waals surface area contributed by atoms with Crippen molar-refractivity contribution in [1.29, 1.82) is 0 Å². The molecule has 0 aliphatic carbocycles. The molecular weight excluding hydrogens is 557 g/mol. The van der Waals surface area contributed by atoms with Crippen LogP contribution >= 0.6 is 0 Å². The molecule has 0 radical (unpaired) electrons. The van der Waals surface area contributed by atoms with Gasteiger partial charge in [-0.2, -0.15) is 0 Å². The van der Waals surface area contributed by atoms with Crippen molar-refractivity contribution in [3.8, 4) is 11.1 Å². The van der Waals surface area contributed by atoms with E-state index in [1.165, 1.54) is 17.7 Å². The zero-order chi connectivity index (χ0) is 31.4. The number of likely N-dealkylation sites (tertiary alicyclic amines) is 1. The molecule has 2 aliphatic rings. The van der Waals surface area contributed by atoms with Crippen molar-refractivity contribution < 1.29 is 18.7 Å². The van der Waals surface area contributed by atoms with Crippen LogP contribution in [0.5, 0.6) is 0 Å². The Kier molecular flexibility index (Phi) is 9.53. The number of amides is 2. The average molecular weight is 602 g/mol. The molecular formula is C35H44FN5O3. The van der Waals surface area contributed by atoms with Crippen molar-refractivity contribution in [2.45, 2.75) is 77.7 Å². The fraction of sp³-hybridized carbons (Fsp3) is 0.457. The Balaban J connectivity index is 1.19. The van der Waals surface area contributed by atoms with Crippen molar-refractivity contribution in [2.75, 3.05) is 31.5 Å². The second-order valence-corrected chi connectivity index (χ2v) is 13.1. The molecule has 2 fully saturated rings. The Morgan fingerprint density at radius 2 is 1.59 bits per heavy atom. The molecule has 2 atom stereocenters. The quantitative estimate of drug-likeness (QED) is 0.351. The molecule has 2 amide bonds. The summed E-state index contributed by atoms with van der Waals surface area (Å²) in [7, 11) is 0. The number of piperazine rings is 1. The SMILES string of the molecule is C[C@@H]1CN(Cc2ccc(-c3cccnc3C(=O)N3CCC(Nc4ccc(F)cc4)CC3)cc2)C[C@H](C)N1C(=O)OC(C)(C)C. The topological polar surface area (TPSA) is 78.0 Å². The van der Waals surface area contributed by atoms with Crippen LogP contribution in [0.2, 0.25) is 0 Å². The van der Waals surface area contributed by atoms with Crippen LogP contribution in [-0.2, 0) is 11.3 Å². The Bertz CT molecular complexity index is 1420. The van der Waals surface area contributed by atoms with E-state index in [1.54, 1.807) is 18.3 Å². The number of anilines is 1. The normalized spacial score (nSPS) is 20.0. The fourth-order valence-corrected chi connectivity index (χ4v) is 6.25. The summed E-state index contributed by atoms with van der Waals surface area (Å²) < 4.78 is 18.9. The van der Waals surface area contributed by atoms with Crippen molar-refractivity contribution in [1.82, 2.24) is 19.7 Å². The molecule has 234 valence electrons. The first-order chi connectivity index (χ1) is 21.0. The lowest BCUT2D eigenvalue weighted by Crippen LogP contribution is -2.59. The fourth-order valence-electron chi connectivity index (χ4n) is 6.25. The van der Waals surface area contributed by atoms with Crippen LogP contribution in [0, 0.1) is 5.82 Å². The van der Waals surface area contributed by atoms with Crippen LogP contribution in [0.3, 0.4) is 0 Å². The average Bonchev–Trinajstić information content (AvgIpc) is 2.97. The number of benzene rings is 2. The van der Waals surface area contributed by atoms with Gasteiger partial charge < -0.3 is 19.9 Å². The number of carbonyl (C=O) groups excluding carboxylic acids is 2. The van der Waals surface area contributed by atoms with Crippen LogP contribution in [0.4, 0.5) is 14.9 Å². The number of nitrogens with zero attached hydrogens (tertiary/aromatic N) is 4. The van der Waals surface area contributed by atoms with Gasteiger partial charge in [-0.3, -0.25) is 14.7 Å². The smallest absolute Gasteiger partial charge is 0.410 e. The van der Waals surface area contributed by atoms with Gasteiger partial charge in [-0.15, -0.1) is 0 Å². The molecule has 1 aromatic heterocycles. The number of halogens is 1. The molecule has 0 spiro atoms. The second kappa shape index (κ2) is 13.3. The molecule has 1 N–H and O–H groups in total. The van der Waals surface area contributed by atoms with Gasteiger partial charge in [0.25, 0.3) is 5.91 Å². The molecule has 0 unspecified atom stereocenters. The van der Waals surface area contributed by atoms with Gasteiger partial charge in [-0.1, -0.05) is 30.3 Å². The Morgan fingerprint density at radius 1 is 0.955 bits per heavy atom. The minimum Gasteiger partial charge on any atom is -0.444 e. The first-order valence-electron chi connectivity index (χ1n) is 15.6. The second-order valence-electron chi connectivity index (χ2n) is 13.1. The van der Waals surface area contributed by atoms with Crippen LogP contribution < -0.4 is 5.32 Å². The monoisotopic (exact) mass is 601 g/mol. The number of hydrogen-bond acceptors (Lipinski definition) is 6. The molecule has 0 bridgehead atoms. The third-order valence-corrected chi connectivity index (χ3v) is 8.28. The first kappa shape index (κ1) is 31.4. The summed E-state index contributed by atoms with van der Waals surface area (Å²) in [5.74, 6) is -0.313. The molecule has 5 rings (SSSR count). The lowest BCUT2D eigenvalue weighted by Gasteiger charge is -2.44. The maximum Gasteiger partial charge on any atom is 0.410 e. The Hall–Kier alpha value is -3.98. The molecule has 0 saturated carbocycles. The molecule has 2 aliphatic heterocycles. The van der Waals surface area contributed by atoms with Gasteiger partial charge in [0.2, 0.25) is 0 Å². The lowest BCUT2D eigenvalue weighted by atomic mass is 9.99. The van der Waals surface area contributed by atoms with Crippen LogP contribution in [0.25, 0.3) is 11.1 Å². The third kappa shape index (κ3) is 7.75. The predicted molar refractivity (Wildman–Crippen MR) is 171 cm³/mol. The highest BCUT2D eigenvalue weighted by Crippen LogP contribution is 2.27. The number of nitrogens with one attached hydrogen (secondary N) is 1. The van der Waals surface area contributed by atoms with Gasteiger partial charge in [-0.05, 0) is 88.9 Å². The van der Waals surface area contributed by atoms with E-state index in [2.05, 4.69) is 53.3 Å². The molecule has 3 aromatic rings. The molecule has 9 heteroatoms. The first-order valence-corrected chi connectivity index (χ1v) is 15.6. The van der Waals surface area contributed by atoms with E-state index in [1.807, 2.05) is 42.7 Å². The minimum absolute atomic E-state index is 0.0422. The van der Waals surface area contributed by atoms with Crippen LogP contribution in [0.1, 0.15) is 63.5 Å². The van der Waals surface area contributed by atoms with E-state index in [-0.39, 0.29) is 35.9 Å². The van der Waals surface area contributed by atoms with Gasteiger partial charge in [0, 0.05) is 68.3 Å². The van der Waals surface area contributed by atoms with E-state index >= 15 is 0 Å². The highest BCUT2D eigenvalue weighted by Gasteiger charge is 2.35. The number of piperidine rings is 1. The summed E-state index contributed by atoms with van der Waals surface area (Å²) in [6, 6.07) is 18.9. The summed E-state index contributed by atoms with van der Waals surface area (Å²) in [6.07, 6.45) is 3.04. The summed E-state index contributed by atoms with van der Waals surface area (Å²) in [4.78, 5) is 37.0. The van der Waals surface area contributed by atoms with E-state index in [0.717, 1.165) is 49.3 Å². The van der Waals surface area contributed by atoms with Crippen molar-refractivity contribution in [3.05, 3.63) is 83.9 Å². The minimum atomic E-state index is -0.519. The number of hydrogen-bond donors (Lipinski definition) is 1. The number of rotatable bonds is 6. The van der Waals surface area contributed by atoms with E-state index < -0.39 is 5.60 Å². The lowest BCUT2D eigenvalue weighted by molar-refractivity contribution is -0.0162. The Labute approximate surface area is 260 Å². The molecule has 2 saturated heterocycles. The van der Waals surface area contributed by atoms with Gasteiger partial charge >= 0.3 is 6.09 Å². The zero-order valence-corrected chi connectivity index (χ0v) is 26.4. The molecule has 2 aromatic carbocycles.